The highest BCUT2D eigenvalue weighted by Gasteiger charge is 2.38. The third-order valence-corrected chi connectivity index (χ3v) is 5.68. The smallest absolute Gasteiger partial charge is 0.154 e. The lowest BCUT2D eigenvalue weighted by Gasteiger charge is -2.39. The molecule has 2 N–H and O–H groups in total. The van der Waals surface area contributed by atoms with Gasteiger partial charge in [0.25, 0.3) is 0 Å². The minimum Gasteiger partial charge on any atom is -0.299 e. The van der Waals surface area contributed by atoms with E-state index in [0.29, 0.717) is 12.5 Å². The van der Waals surface area contributed by atoms with Crippen LogP contribution in [0.4, 0.5) is 0 Å². The van der Waals surface area contributed by atoms with E-state index in [1.165, 1.54) is 5.56 Å². The van der Waals surface area contributed by atoms with Crippen molar-refractivity contribution in [3.63, 3.8) is 0 Å². The number of rotatable bonds is 5. The second-order valence-corrected chi connectivity index (χ2v) is 7.53. The predicted octanol–water partition coefficient (Wildman–Crippen LogP) is 2.56. The number of carbonyl (C=O) groups is 1. The summed E-state index contributed by atoms with van der Waals surface area (Å²) in [6.45, 7) is 4.80. The molecule has 0 amide bonds. The maximum absolute atomic E-state index is 12.5. The Kier molecular flexibility index (Phi) is 4.74. The van der Waals surface area contributed by atoms with E-state index in [-0.39, 0.29) is 5.78 Å². The molecule has 0 bridgehead atoms. The Bertz CT molecular complexity index is 789. The van der Waals surface area contributed by atoms with Gasteiger partial charge in [0.2, 0.25) is 0 Å². The van der Waals surface area contributed by atoms with Crippen molar-refractivity contribution in [1.29, 1.82) is 0 Å². The number of aromatic nitrogens is 2. The third kappa shape index (κ3) is 3.50. The molecule has 1 aromatic carbocycles. The van der Waals surface area contributed by atoms with Gasteiger partial charge in [0.1, 0.15) is 5.54 Å². The number of Topliss-reactive ketones (excluding diaryl/α,β-unsaturated/α-hetero) is 1. The first-order chi connectivity index (χ1) is 12.6. The number of carbonyl (C=O) groups excluding carboxylic acids is 1. The number of H-pyrrole nitrogens is 1. The number of nitrogens with zero attached hydrogens (tertiary/aromatic N) is 2. The molecule has 2 heterocycles. The second-order valence-electron chi connectivity index (χ2n) is 7.53. The number of ketones is 1. The summed E-state index contributed by atoms with van der Waals surface area (Å²) in [5.41, 5.74) is 2.89. The molecule has 0 spiro atoms. The minimum absolute atomic E-state index is 0.173. The van der Waals surface area contributed by atoms with Crippen LogP contribution in [0.5, 0.6) is 0 Å². The Labute approximate surface area is 154 Å². The van der Waals surface area contributed by atoms with Crippen LogP contribution in [0.1, 0.15) is 36.6 Å². The summed E-state index contributed by atoms with van der Waals surface area (Å²) < 4.78 is 0. The molecular formula is C21H26N4O. The van der Waals surface area contributed by atoms with Gasteiger partial charge in [-0.25, -0.2) is 0 Å². The van der Waals surface area contributed by atoms with Crippen LogP contribution in [-0.4, -0.2) is 45.6 Å². The molecule has 1 aromatic heterocycles. The van der Waals surface area contributed by atoms with Crippen molar-refractivity contribution in [2.75, 3.05) is 13.1 Å². The normalized spacial score (nSPS) is 23.7. The van der Waals surface area contributed by atoms with E-state index < -0.39 is 5.54 Å². The molecule has 2 aromatic rings. The first-order valence-electron chi connectivity index (χ1n) is 9.41. The van der Waals surface area contributed by atoms with E-state index in [1.807, 2.05) is 18.3 Å². The van der Waals surface area contributed by atoms with Crippen molar-refractivity contribution >= 4 is 11.9 Å². The maximum atomic E-state index is 12.5. The van der Waals surface area contributed by atoms with Crippen molar-refractivity contribution < 1.29 is 4.79 Å². The van der Waals surface area contributed by atoms with E-state index in [0.717, 1.165) is 43.7 Å². The molecule has 1 unspecified atom stereocenters. The highest BCUT2D eigenvalue weighted by Crippen LogP contribution is 2.27. The van der Waals surface area contributed by atoms with Gasteiger partial charge < -0.3 is 0 Å². The molecule has 5 heteroatoms. The lowest BCUT2D eigenvalue weighted by Crippen LogP contribution is -2.58. The standard InChI is InChI=1S/C21H26N4O/c1-16(26)21(10-7-20-18(13-21)14-22-24-20)23-19-8-11-25(12-9-19)15-17-5-3-2-4-6-17/h2-7,10,14,19,23H,8-9,11-13,15H2,1H3,(H,22,24). The van der Waals surface area contributed by atoms with Crippen molar-refractivity contribution in [2.45, 2.75) is 44.3 Å². The number of hydrogen-bond acceptors (Lipinski definition) is 4. The minimum atomic E-state index is -0.594. The molecule has 2 aliphatic rings. The summed E-state index contributed by atoms with van der Waals surface area (Å²) in [5.74, 6) is 0.173. The van der Waals surface area contributed by atoms with E-state index in [4.69, 9.17) is 0 Å². The van der Waals surface area contributed by atoms with Crippen LogP contribution in [-0.2, 0) is 17.8 Å². The predicted molar refractivity (Wildman–Crippen MR) is 103 cm³/mol. The number of nitrogens with one attached hydrogen (secondary N) is 2. The SMILES string of the molecule is CC(=O)C1(NC2CCN(Cc3ccccc3)CC2)C=Cc2[nH]ncc2C1. The number of piperidine rings is 1. The number of fused-ring (bicyclic) bond motifs is 1. The number of likely N-dealkylation sites (tertiary alicyclic amines) is 1. The summed E-state index contributed by atoms with van der Waals surface area (Å²) in [6, 6.07) is 11.0. The van der Waals surface area contributed by atoms with Crippen LogP contribution < -0.4 is 5.32 Å². The van der Waals surface area contributed by atoms with Crippen molar-refractivity contribution in [2.24, 2.45) is 0 Å². The molecule has 1 atom stereocenters. The highest BCUT2D eigenvalue weighted by atomic mass is 16.1. The summed E-state index contributed by atoms with van der Waals surface area (Å²) in [4.78, 5) is 15.0. The summed E-state index contributed by atoms with van der Waals surface area (Å²) in [5, 5.41) is 10.8. The molecule has 1 fully saturated rings. The van der Waals surface area contributed by atoms with Crippen LogP contribution >= 0.6 is 0 Å². The molecule has 1 aliphatic heterocycles. The molecule has 0 saturated carbocycles. The van der Waals surface area contributed by atoms with Gasteiger partial charge in [0.05, 0.1) is 11.9 Å². The lowest BCUT2D eigenvalue weighted by molar-refractivity contribution is -0.122. The fraction of sp³-hybridized carbons (Fsp3) is 0.429. The molecule has 5 nitrogen and oxygen atoms in total. The summed E-state index contributed by atoms with van der Waals surface area (Å²) >= 11 is 0. The third-order valence-electron chi connectivity index (χ3n) is 5.68. The molecule has 4 rings (SSSR count). The van der Waals surface area contributed by atoms with Crippen molar-refractivity contribution in [3.05, 3.63) is 59.4 Å². The molecule has 136 valence electrons. The van der Waals surface area contributed by atoms with E-state index >= 15 is 0 Å². The van der Waals surface area contributed by atoms with E-state index in [1.54, 1.807) is 6.92 Å². The van der Waals surface area contributed by atoms with Crippen molar-refractivity contribution in [3.8, 4) is 0 Å². The number of hydrogen-bond donors (Lipinski definition) is 2. The zero-order chi connectivity index (χ0) is 18.0. The van der Waals surface area contributed by atoms with Gasteiger partial charge in [-0.2, -0.15) is 5.10 Å². The highest BCUT2D eigenvalue weighted by molar-refractivity contribution is 5.91. The molecule has 1 saturated heterocycles. The summed E-state index contributed by atoms with van der Waals surface area (Å²) in [7, 11) is 0. The van der Waals surface area contributed by atoms with Gasteiger partial charge in [0.15, 0.2) is 5.78 Å². The maximum Gasteiger partial charge on any atom is 0.154 e. The monoisotopic (exact) mass is 350 g/mol. The van der Waals surface area contributed by atoms with Crippen LogP contribution in [0.25, 0.3) is 6.08 Å². The van der Waals surface area contributed by atoms with Crippen LogP contribution in [0.15, 0.2) is 42.6 Å². The second kappa shape index (κ2) is 7.17. The van der Waals surface area contributed by atoms with E-state index in [9.17, 15) is 4.79 Å². The van der Waals surface area contributed by atoms with Gasteiger partial charge in [-0.05, 0) is 50.1 Å². The molecule has 0 radical (unpaired) electrons. The fourth-order valence-corrected chi connectivity index (χ4v) is 4.08. The average Bonchev–Trinajstić information content (AvgIpc) is 3.11. The largest absolute Gasteiger partial charge is 0.299 e. The Hall–Kier alpha value is -2.24. The number of benzene rings is 1. The quantitative estimate of drug-likeness (QED) is 0.870. The van der Waals surface area contributed by atoms with Gasteiger partial charge in [0, 0.05) is 19.0 Å². The van der Waals surface area contributed by atoms with Gasteiger partial charge in [-0.3, -0.25) is 20.1 Å². The Morgan fingerprint density at radius 2 is 2.08 bits per heavy atom. The van der Waals surface area contributed by atoms with Crippen LogP contribution in [0, 0.1) is 0 Å². The van der Waals surface area contributed by atoms with Gasteiger partial charge in [-0.15, -0.1) is 0 Å². The van der Waals surface area contributed by atoms with E-state index in [2.05, 4.69) is 50.7 Å². The Morgan fingerprint density at radius 3 is 2.81 bits per heavy atom. The zero-order valence-corrected chi connectivity index (χ0v) is 15.2. The number of aromatic amines is 1. The van der Waals surface area contributed by atoms with Crippen LogP contribution in [0.2, 0.25) is 0 Å². The van der Waals surface area contributed by atoms with Crippen LogP contribution in [0.3, 0.4) is 0 Å². The van der Waals surface area contributed by atoms with Gasteiger partial charge in [-0.1, -0.05) is 36.4 Å². The van der Waals surface area contributed by atoms with Gasteiger partial charge >= 0.3 is 0 Å². The Balaban J connectivity index is 1.38. The molecule has 26 heavy (non-hydrogen) atoms. The molecular weight excluding hydrogens is 324 g/mol. The Morgan fingerprint density at radius 1 is 1.31 bits per heavy atom. The summed E-state index contributed by atoms with van der Waals surface area (Å²) in [6.07, 6.45) is 8.65. The first-order valence-corrected chi connectivity index (χ1v) is 9.41. The average molecular weight is 350 g/mol. The van der Waals surface area contributed by atoms with Crippen molar-refractivity contribution in [1.82, 2.24) is 20.4 Å². The fourth-order valence-electron chi connectivity index (χ4n) is 4.08. The first kappa shape index (κ1) is 17.2. The molecule has 1 aliphatic carbocycles. The topological polar surface area (TPSA) is 61.0 Å². The lowest BCUT2D eigenvalue weighted by atomic mass is 9.81. The zero-order valence-electron chi connectivity index (χ0n) is 15.2.